The van der Waals surface area contributed by atoms with Crippen LogP contribution >= 0.6 is 0 Å². The Kier molecular flexibility index (Phi) is 11.3. The quantitative estimate of drug-likeness (QED) is 0.580. The molecule has 2 heteroatoms. The van der Waals surface area contributed by atoms with Gasteiger partial charge in [0.25, 0.3) is 0 Å². The van der Waals surface area contributed by atoms with Gasteiger partial charge in [0.1, 0.15) is 0 Å². The predicted molar refractivity (Wildman–Crippen MR) is 94.9 cm³/mol. The Balaban J connectivity index is 2.06. The van der Waals surface area contributed by atoms with Crippen molar-refractivity contribution in [2.45, 2.75) is 91.0 Å². The van der Waals surface area contributed by atoms with E-state index in [-0.39, 0.29) is 0 Å². The third-order valence-electron chi connectivity index (χ3n) is 4.94. The topological polar surface area (TPSA) is 15.3 Å². The second-order valence-corrected chi connectivity index (χ2v) is 7.18. The molecular weight excluding hydrogens is 256 g/mol. The number of nitrogens with zero attached hydrogens (tertiary/aromatic N) is 1. The van der Waals surface area contributed by atoms with Gasteiger partial charge in [-0.3, -0.25) is 0 Å². The maximum Gasteiger partial charge on any atom is 0.00767 e. The van der Waals surface area contributed by atoms with Crippen LogP contribution in [0.5, 0.6) is 0 Å². The second kappa shape index (κ2) is 12.5. The average molecular weight is 297 g/mol. The Morgan fingerprint density at radius 3 is 2.29 bits per heavy atom. The predicted octanol–water partition coefficient (Wildman–Crippen LogP) is 4.84. The molecule has 0 aromatic carbocycles. The van der Waals surface area contributed by atoms with Crippen molar-refractivity contribution < 1.29 is 0 Å². The molecule has 1 fully saturated rings. The maximum absolute atomic E-state index is 3.72. The molecule has 1 N–H and O–H groups in total. The molecule has 1 aliphatic rings. The van der Waals surface area contributed by atoms with Crippen molar-refractivity contribution in [2.24, 2.45) is 5.92 Å². The molecule has 1 heterocycles. The van der Waals surface area contributed by atoms with E-state index in [1.807, 2.05) is 0 Å². The molecule has 1 saturated heterocycles. The summed E-state index contributed by atoms with van der Waals surface area (Å²) in [4.78, 5) is 2.73. The van der Waals surface area contributed by atoms with E-state index in [2.05, 4.69) is 31.0 Å². The summed E-state index contributed by atoms with van der Waals surface area (Å²) in [7, 11) is 0. The molecule has 21 heavy (non-hydrogen) atoms. The molecule has 0 aromatic rings. The van der Waals surface area contributed by atoms with Crippen LogP contribution in [0, 0.1) is 5.92 Å². The number of hydrogen-bond acceptors (Lipinski definition) is 2. The normalized spacial score (nSPS) is 24.7. The minimum absolute atomic E-state index is 0.744. The highest BCUT2D eigenvalue weighted by atomic mass is 15.1. The van der Waals surface area contributed by atoms with Gasteiger partial charge in [0.05, 0.1) is 0 Å². The zero-order valence-corrected chi connectivity index (χ0v) is 15.0. The van der Waals surface area contributed by atoms with Gasteiger partial charge in [0, 0.05) is 12.6 Å². The van der Waals surface area contributed by atoms with E-state index >= 15 is 0 Å². The van der Waals surface area contributed by atoms with Gasteiger partial charge in [-0.2, -0.15) is 0 Å². The summed E-state index contributed by atoms with van der Waals surface area (Å²) < 4.78 is 0. The van der Waals surface area contributed by atoms with Gasteiger partial charge in [-0.1, -0.05) is 65.7 Å². The van der Waals surface area contributed by atoms with E-state index in [0.29, 0.717) is 0 Å². The van der Waals surface area contributed by atoms with Crippen LogP contribution in [0.25, 0.3) is 0 Å². The largest absolute Gasteiger partial charge is 0.314 e. The number of nitrogens with one attached hydrogen (secondary N) is 1. The molecule has 0 spiro atoms. The zero-order chi connectivity index (χ0) is 15.3. The summed E-state index contributed by atoms with van der Waals surface area (Å²) >= 11 is 0. The van der Waals surface area contributed by atoms with Crippen LogP contribution in [0.15, 0.2) is 0 Å². The first kappa shape index (κ1) is 19.0. The summed E-state index contributed by atoms with van der Waals surface area (Å²) in [5.41, 5.74) is 0. The van der Waals surface area contributed by atoms with Crippen LogP contribution in [0.4, 0.5) is 0 Å². The van der Waals surface area contributed by atoms with Crippen molar-refractivity contribution in [1.29, 1.82) is 0 Å². The fraction of sp³-hybridized carbons (Fsp3) is 1.00. The molecule has 2 atom stereocenters. The van der Waals surface area contributed by atoms with Crippen molar-refractivity contribution in [3.05, 3.63) is 0 Å². The fourth-order valence-electron chi connectivity index (χ4n) is 3.43. The lowest BCUT2D eigenvalue weighted by atomic mass is 10.0. The Bertz CT molecular complexity index is 230. The number of hydrogen-bond donors (Lipinski definition) is 1. The van der Waals surface area contributed by atoms with Crippen molar-refractivity contribution in [3.63, 3.8) is 0 Å². The molecule has 2 unspecified atom stereocenters. The first-order chi connectivity index (χ1) is 10.3. The minimum Gasteiger partial charge on any atom is -0.314 e. The minimum atomic E-state index is 0.744. The van der Waals surface area contributed by atoms with Gasteiger partial charge in [0.2, 0.25) is 0 Å². The van der Waals surface area contributed by atoms with Gasteiger partial charge in [-0.15, -0.1) is 0 Å². The van der Waals surface area contributed by atoms with Gasteiger partial charge < -0.3 is 10.2 Å². The van der Waals surface area contributed by atoms with E-state index in [1.54, 1.807) is 0 Å². The van der Waals surface area contributed by atoms with Crippen LogP contribution in [0.1, 0.15) is 85.0 Å². The molecule has 126 valence electrons. The average Bonchev–Trinajstić information content (AvgIpc) is 2.47. The van der Waals surface area contributed by atoms with Crippen LogP contribution in [-0.4, -0.2) is 37.1 Å². The van der Waals surface area contributed by atoms with Gasteiger partial charge >= 0.3 is 0 Å². The molecule has 0 aromatic heterocycles. The number of unbranched alkanes of at least 4 members (excludes halogenated alkanes) is 7. The Morgan fingerprint density at radius 2 is 1.62 bits per heavy atom. The standard InChI is InChI=1S/C19H40N2/c1-4-6-7-8-9-10-11-12-14-21-15-13-19(5-2)20-16-18(3)17-21/h18-20H,4-17H2,1-3H3. The lowest BCUT2D eigenvalue weighted by Gasteiger charge is -2.32. The molecular formula is C19H40N2. The highest BCUT2D eigenvalue weighted by Gasteiger charge is 2.17. The molecule has 1 aliphatic heterocycles. The smallest absolute Gasteiger partial charge is 0.00767 e. The van der Waals surface area contributed by atoms with Crippen LogP contribution in [0.2, 0.25) is 0 Å². The van der Waals surface area contributed by atoms with Crippen molar-refractivity contribution in [2.75, 3.05) is 26.2 Å². The van der Waals surface area contributed by atoms with Crippen LogP contribution in [0.3, 0.4) is 0 Å². The summed E-state index contributed by atoms with van der Waals surface area (Å²) in [6, 6.07) is 0.744. The monoisotopic (exact) mass is 296 g/mol. The summed E-state index contributed by atoms with van der Waals surface area (Å²) in [5, 5.41) is 3.72. The molecule has 1 rings (SSSR count). The third-order valence-corrected chi connectivity index (χ3v) is 4.94. The second-order valence-electron chi connectivity index (χ2n) is 7.18. The molecule has 0 bridgehead atoms. The molecule has 0 radical (unpaired) electrons. The molecule has 0 aliphatic carbocycles. The van der Waals surface area contributed by atoms with Crippen molar-refractivity contribution in [3.8, 4) is 0 Å². The van der Waals surface area contributed by atoms with E-state index in [1.165, 1.54) is 90.4 Å². The van der Waals surface area contributed by atoms with Gasteiger partial charge in [-0.25, -0.2) is 0 Å². The maximum atomic E-state index is 3.72. The first-order valence-corrected chi connectivity index (χ1v) is 9.72. The SMILES string of the molecule is CCCCCCCCCCN1CCC(CC)NCC(C)C1. The summed E-state index contributed by atoms with van der Waals surface area (Å²) in [6.45, 7) is 12.1. The molecule has 0 amide bonds. The fourth-order valence-corrected chi connectivity index (χ4v) is 3.43. The number of rotatable bonds is 10. The van der Waals surface area contributed by atoms with E-state index in [0.717, 1.165) is 12.0 Å². The zero-order valence-electron chi connectivity index (χ0n) is 15.0. The van der Waals surface area contributed by atoms with E-state index < -0.39 is 0 Å². The first-order valence-electron chi connectivity index (χ1n) is 9.72. The highest BCUT2D eigenvalue weighted by Crippen LogP contribution is 2.12. The van der Waals surface area contributed by atoms with E-state index in [9.17, 15) is 0 Å². The van der Waals surface area contributed by atoms with Gasteiger partial charge in [0.15, 0.2) is 0 Å². The highest BCUT2D eigenvalue weighted by molar-refractivity contribution is 4.75. The lowest BCUT2D eigenvalue weighted by molar-refractivity contribution is 0.193. The molecule has 0 saturated carbocycles. The Labute approximate surface area is 134 Å². The summed E-state index contributed by atoms with van der Waals surface area (Å²) in [6.07, 6.45) is 14.1. The van der Waals surface area contributed by atoms with Crippen molar-refractivity contribution >= 4 is 0 Å². The third kappa shape index (κ3) is 9.52. The molecule has 2 nitrogen and oxygen atoms in total. The summed E-state index contributed by atoms with van der Waals surface area (Å²) in [5.74, 6) is 0.799. The van der Waals surface area contributed by atoms with Gasteiger partial charge in [-0.05, 0) is 44.8 Å². The van der Waals surface area contributed by atoms with Crippen LogP contribution < -0.4 is 5.32 Å². The lowest BCUT2D eigenvalue weighted by Crippen LogP contribution is -2.43. The van der Waals surface area contributed by atoms with Crippen LogP contribution in [-0.2, 0) is 0 Å². The Morgan fingerprint density at radius 1 is 0.952 bits per heavy atom. The van der Waals surface area contributed by atoms with E-state index in [4.69, 9.17) is 0 Å². The Hall–Kier alpha value is -0.0800. The van der Waals surface area contributed by atoms with Crippen molar-refractivity contribution in [1.82, 2.24) is 10.2 Å².